The van der Waals surface area contributed by atoms with Crippen molar-refractivity contribution in [3.05, 3.63) is 20.8 Å². The summed E-state index contributed by atoms with van der Waals surface area (Å²) < 4.78 is 0.740. The molecule has 0 atom stereocenters. The monoisotopic (exact) mass is 346 g/mol. The van der Waals surface area contributed by atoms with E-state index >= 15 is 0 Å². The zero-order valence-electron chi connectivity index (χ0n) is 11.0. The first-order valence-electron chi connectivity index (χ1n) is 6.47. The lowest BCUT2D eigenvalue weighted by Gasteiger charge is -2.06. The third kappa shape index (κ3) is 6.20. The van der Waals surface area contributed by atoms with E-state index in [0.29, 0.717) is 11.3 Å². The normalized spacial score (nSPS) is 10.2. The van der Waals surface area contributed by atoms with Crippen molar-refractivity contribution in [2.75, 3.05) is 0 Å². The molecule has 0 spiro atoms. The highest BCUT2D eigenvalue weighted by atomic mass is 79.9. The van der Waals surface area contributed by atoms with Crippen LogP contribution in [0.1, 0.15) is 55.1 Å². The number of halogens is 1. The quantitative estimate of drug-likeness (QED) is 0.585. The van der Waals surface area contributed by atoms with Crippen LogP contribution in [0.4, 0.5) is 0 Å². The average Bonchev–Trinajstić information content (AvgIpc) is 2.82. The summed E-state index contributed by atoms with van der Waals surface area (Å²) in [4.78, 5) is 23.8. The van der Waals surface area contributed by atoms with Gasteiger partial charge in [-0.2, -0.15) is 0 Å². The maximum atomic E-state index is 11.7. The summed E-state index contributed by atoms with van der Waals surface area (Å²) in [6.07, 6.45) is 5.95. The van der Waals surface area contributed by atoms with Crippen LogP contribution in [-0.4, -0.2) is 11.8 Å². The third-order valence-electron chi connectivity index (χ3n) is 2.65. The van der Waals surface area contributed by atoms with Crippen molar-refractivity contribution in [3.63, 3.8) is 0 Å². The number of hydrazine groups is 1. The van der Waals surface area contributed by atoms with Gasteiger partial charge in [-0.05, 0) is 33.8 Å². The van der Waals surface area contributed by atoms with Crippen LogP contribution in [0, 0.1) is 0 Å². The van der Waals surface area contributed by atoms with Crippen molar-refractivity contribution in [1.29, 1.82) is 0 Å². The minimum atomic E-state index is -0.291. The van der Waals surface area contributed by atoms with E-state index < -0.39 is 0 Å². The van der Waals surface area contributed by atoms with Gasteiger partial charge >= 0.3 is 0 Å². The molecule has 1 rings (SSSR count). The Balaban J connectivity index is 2.16. The van der Waals surface area contributed by atoms with Crippen molar-refractivity contribution < 1.29 is 9.59 Å². The van der Waals surface area contributed by atoms with Crippen molar-refractivity contribution in [2.45, 2.75) is 45.4 Å². The number of carbonyl (C=O) groups excluding carboxylic acids is 2. The van der Waals surface area contributed by atoms with Crippen LogP contribution < -0.4 is 10.9 Å². The molecule has 0 aromatic carbocycles. The maximum Gasteiger partial charge on any atom is 0.280 e. The zero-order valence-corrected chi connectivity index (χ0v) is 13.4. The Hall–Kier alpha value is -0.880. The Morgan fingerprint density at radius 2 is 1.95 bits per heavy atom. The highest BCUT2D eigenvalue weighted by molar-refractivity contribution is 9.10. The van der Waals surface area contributed by atoms with E-state index in [-0.39, 0.29) is 11.8 Å². The summed E-state index contributed by atoms with van der Waals surface area (Å²) >= 11 is 4.60. The van der Waals surface area contributed by atoms with E-state index in [0.717, 1.165) is 23.7 Å². The van der Waals surface area contributed by atoms with Crippen LogP contribution in [-0.2, 0) is 4.79 Å². The van der Waals surface area contributed by atoms with Crippen molar-refractivity contribution in [1.82, 2.24) is 10.9 Å². The molecule has 0 aliphatic carbocycles. The first-order valence-corrected chi connectivity index (χ1v) is 8.14. The van der Waals surface area contributed by atoms with Crippen molar-refractivity contribution in [3.8, 4) is 0 Å². The van der Waals surface area contributed by atoms with Gasteiger partial charge in [-0.15, -0.1) is 11.3 Å². The minimum absolute atomic E-state index is 0.141. The summed E-state index contributed by atoms with van der Waals surface area (Å²) in [5.74, 6) is -0.432. The molecule has 4 nitrogen and oxygen atoms in total. The molecule has 19 heavy (non-hydrogen) atoms. The van der Waals surface area contributed by atoms with Crippen molar-refractivity contribution in [2.24, 2.45) is 0 Å². The Labute approximate surface area is 126 Å². The van der Waals surface area contributed by atoms with E-state index in [4.69, 9.17) is 0 Å². The molecule has 106 valence electrons. The molecular formula is C13H19BrN2O2S. The molecule has 2 N–H and O–H groups in total. The van der Waals surface area contributed by atoms with E-state index in [2.05, 4.69) is 33.7 Å². The van der Waals surface area contributed by atoms with Gasteiger partial charge in [-0.3, -0.25) is 20.4 Å². The molecule has 1 heterocycles. The molecule has 0 bridgehead atoms. The minimum Gasteiger partial charge on any atom is -0.273 e. The maximum absolute atomic E-state index is 11.7. The molecule has 1 aromatic rings. The largest absolute Gasteiger partial charge is 0.280 e. The Morgan fingerprint density at radius 3 is 2.58 bits per heavy atom. The van der Waals surface area contributed by atoms with Crippen LogP contribution >= 0.6 is 27.3 Å². The predicted molar refractivity (Wildman–Crippen MR) is 81.0 cm³/mol. The standard InChI is InChI=1S/C13H19BrN2O2S/c1-2-3-4-5-6-7-11(17)15-16-13(18)12-10(14)8-9-19-12/h8-9H,2-7H2,1H3,(H,15,17)(H,16,18). The van der Waals surface area contributed by atoms with Gasteiger partial charge in [0, 0.05) is 10.9 Å². The summed E-state index contributed by atoms with van der Waals surface area (Å²) in [6, 6.07) is 1.80. The number of thiophene rings is 1. The average molecular weight is 347 g/mol. The van der Waals surface area contributed by atoms with E-state index in [1.165, 1.54) is 24.2 Å². The smallest absolute Gasteiger partial charge is 0.273 e. The number of nitrogens with one attached hydrogen (secondary N) is 2. The molecule has 0 fully saturated rings. The van der Waals surface area contributed by atoms with Crippen LogP contribution in [0.15, 0.2) is 15.9 Å². The number of hydrogen-bond acceptors (Lipinski definition) is 3. The summed E-state index contributed by atoms with van der Waals surface area (Å²) in [6.45, 7) is 2.16. The van der Waals surface area contributed by atoms with Crippen LogP contribution in [0.2, 0.25) is 0 Å². The summed E-state index contributed by atoms with van der Waals surface area (Å²) in [5.41, 5.74) is 4.86. The van der Waals surface area contributed by atoms with Crippen molar-refractivity contribution >= 4 is 39.1 Å². The Kier molecular flexibility index (Phi) is 7.74. The van der Waals surface area contributed by atoms with E-state index in [1.807, 2.05) is 5.38 Å². The number of carbonyl (C=O) groups is 2. The predicted octanol–water partition coefficient (Wildman–Crippen LogP) is 3.63. The fourth-order valence-corrected chi connectivity index (χ4v) is 3.04. The topological polar surface area (TPSA) is 58.2 Å². The zero-order chi connectivity index (χ0) is 14.1. The first kappa shape index (κ1) is 16.2. The first-order chi connectivity index (χ1) is 9.15. The van der Waals surface area contributed by atoms with E-state index in [1.54, 1.807) is 6.07 Å². The van der Waals surface area contributed by atoms with Crippen LogP contribution in [0.5, 0.6) is 0 Å². The molecule has 0 radical (unpaired) electrons. The van der Waals surface area contributed by atoms with Gasteiger partial charge in [-0.1, -0.05) is 32.6 Å². The second-order valence-corrected chi connectivity index (χ2v) is 6.03. The second-order valence-electron chi connectivity index (χ2n) is 4.26. The lowest BCUT2D eigenvalue weighted by molar-refractivity contribution is -0.121. The van der Waals surface area contributed by atoms with Gasteiger partial charge in [0.1, 0.15) is 4.88 Å². The molecular weight excluding hydrogens is 328 g/mol. The van der Waals surface area contributed by atoms with Gasteiger partial charge in [0.05, 0.1) is 0 Å². The van der Waals surface area contributed by atoms with Crippen LogP contribution in [0.3, 0.4) is 0 Å². The highest BCUT2D eigenvalue weighted by Crippen LogP contribution is 2.21. The Bertz CT molecular complexity index is 421. The lowest BCUT2D eigenvalue weighted by atomic mass is 10.1. The summed E-state index contributed by atoms with van der Waals surface area (Å²) in [7, 11) is 0. The second kappa shape index (κ2) is 9.09. The van der Waals surface area contributed by atoms with Gasteiger partial charge in [-0.25, -0.2) is 0 Å². The van der Waals surface area contributed by atoms with Gasteiger partial charge < -0.3 is 0 Å². The van der Waals surface area contributed by atoms with Gasteiger partial charge in [0.25, 0.3) is 5.91 Å². The Morgan fingerprint density at radius 1 is 1.21 bits per heavy atom. The fraction of sp³-hybridized carbons (Fsp3) is 0.538. The van der Waals surface area contributed by atoms with Gasteiger partial charge in [0.15, 0.2) is 0 Å². The van der Waals surface area contributed by atoms with E-state index in [9.17, 15) is 9.59 Å². The summed E-state index contributed by atoms with van der Waals surface area (Å²) in [5, 5.41) is 1.81. The van der Waals surface area contributed by atoms with Crippen LogP contribution in [0.25, 0.3) is 0 Å². The number of unbranched alkanes of at least 4 members (excludes halogenated alkanes) is 4. The molecule has 0 saturated carbocycles. The molecule has 0 aliphatic rings. The number of hydrogen-bond donors (Lipinski definition) is 2. The molecule has 2 amide bonds. The lowest BCUT2D eigenvalue weighted by Crippen LogP contribution is -2.41. The molecule has 0 aliphatic heterocycles. The fourth-order valence-electron chi connectivity index (χ4n) is 1.59. The molecule has 0 saturated heterocycles. The number of rotatable bonds is 7. The van der Waals surface area contributed by atoms with Gasteiger partial charge in [0.2, 0.25) is 5.91 Å². The third-order valence-corrected chi connectivity index (χ3v) is 4.48. The molecule has 0 unspecified atom stereocenters. The molecule has 1 aromatic heterocycles. The number of amides is 2. The SMILES string of the molecule is CCCCCCCC(=O)NNC(=O)c1sccc1Br. The molecule has 6 heteroatoms. The highest BCUT2D eigenvalue weighted by Gasteiger charge is 2.11.